The van der Waals surface area contributed by atoms with Crippen molar-refractivity contribution < 1.29 is 18.7 Å². The molecule has 6 heteroatoms. The third-order valence-corrected chi connectivity index (χ3v) is 3.46. The number of carboxylic acid groups (broad SMARTS) is 1. The van der Waals surface area contributed by atoms with Crippen LogP contribution in [0.5, 0.6) is 0 Å². The van der Waals surface area contributed by atoms with E-state index in [9.17, 15) is 13.6 Å². The number of rotatable bonds is 5. The second-order valence-electron chi connectivity index (χ2n) is 4.11. The van der Waals surface area contributed by atoms with Crippen LogP contribution in [0, 0.1) is 0 Å². The first-order valence-electron chi connectivity index (χ1n) is 5.83. The van der Waals surface area contributed by atoms with Gasteiger partial charge in [-0.05, 0) is 23.8 Å². The maximum atomic E-state index is 11.5. The Hall–Kier alpha value is -2.18. The second kappa shape index (κ2) is 6.31. The molecule has 0 aliphatic rings. The van der Waals surface area contributed by atoms with Gasteiger partial charge in [0.05, 0.1) is 17.8 Å². The molecule has 2 rings (SSSR count). The predicted molar refractivity (Wildman–Crippen MR) is 76.8 cm³/mol. The molecule has 0 aromatic heterocycles. The fourth-order valence-electron chi connectivity index (χ4n) is 1.78. The van der Waals surface area contributed by atoms with Crippen LogP contribution in [-0.2, 0) is 17.8 Å². The Bertz CT molecular complexity index is 630. The van der Waals surface area contributed by atoms with E-state index < -0.39 is 17.2 Å². The second-order valence-corrected chi connectivity index (χ2v) is 5.01. The van der Waals surface area contributed by atoms with Crippen LogP contribution in [0.4, 0.5) is 5.69 Å². The van der Waals surface area contributed by atoms with Crippen LogP contribution in [0.3, 0.4) is 0 Å². The van der Waals surface area contributed by atoms with Crippen LogP contribution in [0.2, 0.25) is 0 Å². The lowest BCUT2D eigenvalue weighted by molar-refractivity contribution is 0.0697. The molecular formula is C14H13NO4S. The van der Waals surface area contributed by atoms with Crippen molar-refractivity contribution in [2.75, 3.05) is 4.31 Å². The minimum Gasteiger partial charge on any atom is -0.478 e. The first-order chi connectivity index (χ1) is 9.58. The lowest BCUT2D eigenvalue weighted by atomic mass is 10.2. The van der Waals surface area contributed by atoms with E-state index in [0.717, 1.165) is 5.56 Å². The molecule has 20 heavy (non-hydrogen) atoms. The maximum Gasteiger partial charge on any atom is 0.335 e. The quantitative estimate of drug-likeness (QED) is 0.830. The lowest BCUT2D eigenvalue weighted by Crippen LogP contribution is -2.24. The van der Waals surface area contributed by atoms with Crippen LogP contribution in [-0.4, -0.2) is 19.8 Å². The van der Waals surface area contributed by atoms with E-state index in [2.05, 4.69) is 0 Å². The number of nitrogens with zero attached hydrogens (tertiary/aromatic N) is 1. The monoisotopic (exact) mass is 291 g/mol. The van der Waals surface area contributed by atoms with Gasteiger partial charge >= 0.3 is 5.97 Å². The Morgan fingerprint density at radius 1 is 1.10 bits per heavy atom. The fourth-order valence-corrected chi connectivity index (χ4v) is 2.33. The summed E-state index contributed by atoms with van der Waals surface area (Å²) in [6.07, 6.45) is 0. The van der Waals surface area contributed by atoms with Gasteiger partial charge in [0.25, 0.3) is 11.3 Å². The number of hydrogen-bond donors (Lipinski definition) is 2. The average Bonchev–Trinajstić information content (AvgIpc) is 2.45. The largest absolute Gasteiger partial charge is 0.478 e. The summed E-state index contributed by atoms with van der Waals surface area (Å²) in [6.45, 7) is 0.215. The van der Waals surface area contributed by atoms with E-state index in [-0.39, 0.29) is 12.1 Å². The van der Waals surface area contributed by atoms with Gasteiger partial charge in [-0.25, -0.2) is 9.00 Å². The third kappa shape index (κ3) is 3.43. The van der Waals surface area contributed by atoms with Crippen molar-refractivity contribution in [1.29, 1.82) is 0 Å². The summed E-state index contributed by atoms with van der Waals surface area (Å²) >= 11 is -2.24. The van der Waals surface area contributed by atoms with Gasteiger partial charge in [0.1, 0.15) is 0 Å². The Morgan fingerprint density at radius 3 is 2.40 bits per heavy atom. The van der Waals surface area contributed by atoms with Gasteiger partial charge in [0.15, 0.2) is 0 Å². The summed E-state index contributed by atoms with van der Waals surface area (Å²) in [5.41, 5.74) is 1.32. The summed E-state index contributed by atoms with van der Waals surface area (Å²) in [5.74, 6) is -1.07. The van der Waals surface area contributed by atoms with E-state index in [1.807, 2.05) is 30.3 Å². The Balaban J connectivity index is 2.31. The summed E-state index contributed by atoms with van der Waals surface area (Å²) in [6, 6.07) is 15.2. The molecule has 0 spiro atoms. The van der Waals surface area contributed by atoms with Gasteiger partial charge in [0, 0.05) is 0 Å². The molecule has 1 atom stereocenters. The zero-order valence-electron chi connectivity index (χ0n) is 10.5. The SMILES string of the molecule is O=C(O)c1cccc(N(Cc2ccccc2)S(=O)O)c1. The minimum absolute atomic E-state index is 0.0750. The van der Waals surface area contributed by atoms with Crippen molar-refractivity contribution in [3.63, 3.8) is 0 Å². The van der Waals surface area contributed by atoms with Crippen molar-refractivity contribution in [2.24, 2.45) is 0 Å². The highest BCUT2D eigenvalue weighted by molar-refractivity contribution is 7.80. The minimum atomic E-state index is -2.24. The van der Waals surface area contributed by atoms with Crippen molar-refractivity contribution in [3.8, 4) is 0 Å². The summed E-state index contributed by atoms with van der Waals surface area (Å²) in [4.78, 5) is 10.9. The molecule has 1 unspecified atom stereocenters. The van der Waals surface area contributed by atoms with Crippen LogP contribution in [0.15, 0.2) is 54.6 Å². The van der Waals surface area contributed by atoms with Gasteiger partial charge in [-0.15, -0.1) is 0 Å². The molecule has 0 aliphatic heterocycles. The van der Waals surface area contributed by atoms with E-state index in [1.165, 1.54) is 16.4 Å². The predicted octanol–water partition coefficient (Wildman–Crippen LogP) is 2.53. The van der Waals surface area contributed by atoms with E-state index >= 15 is 0 Å². The van der Waals surface area contributed by atoms with Crippen LogP contribution in [0.1, 0.15) is 15.9 Å². The molecule has 0 fully saturated rings. The number of benzene rings is 2. The van der Waals surface area contributed by atoms with Gasteiger partial charge < -0.3 is 5.11 Å². The highest BCUT2D eigenvalue weighted by Gasteiger charge is 2.14. The normalized spacial score (nSPS) is 11.8. The van der Waals surface area contributed by atoms with Crippen LogP contribution < -0.4 is 4.31 Å². The van der Waals surface area contributed by atoms with Crippen molar-refractivity contribution in [3.05, 3.63) is 65.7 Å². The van der Waals surface area contributed by atoms with Gasteiger partial charge in [-0.1, -0.05) is 36.4 Å². The van der Waals surface area contributed by atoms with Gasteiger partial charge in [0.2, 0.25) is 0 Å². The number of aromatic carboxylic acids is 1. The number of carbonyl (C=O) groups is 1. The number of hydrogen-bond acceptors (Lipinski definition) is 2. The molecule has 0 heterocycles. The van der Waals surface area contributed by atoms with E-state index in [4.69, 9.17) is 5.11 Å². The molecule has 5 nitrogen and oxygen atoms in total. The molecule has 0 saturated carbocycles. The first kappa shape index (κ1) is 14.2. The van der Waals surface area contributed by atoms with E-state index in [0.29, 0.717) is 5.69 Å². The molecule has 2 aromatic rings. The van der Waals surface area contributed by atoms with Gasteiger partial charge in [-0.3, -0.25) is 8.86 Å². The Kier molecular flexibility index (Phi) is 4.49. The summed E-state index contributed by atoms with van der Waals surface area (Å²) in [7, 11) is 0. The molecular weight excluding hydrogens is 278 g/mol. The topological polar surface area (TPSA) is 77.8 Å². The molecule has 0 radical (unpaired) electrons. The average molecular weight is 291 g/mol. The van der Waals surface area contributed by atoms with Crippen molar-refractivity contribution in [1.82, 2.24) is 0 Å². The third-order valence-electron chi connectivity index (χ3n) is 2.74. The van der Waals surface area contributed by atoms with E-state index in [1.54, 1.807) is 12.1 Å². The van der Waals surface area contributed by atoms with Crippen molar-refractivity contribution >= 4 is 22.9 Å². The standard InChI is InChI=1S/C14H13NO4S/c16-14(17)12-7-4-8-13(9-12)15(20(18)19)10-11-5-2-1-3-6-11/h1-9H,10H2,(H,16,17)(H,18,19). The molecule has 2 aromatic carbocycles. The molecule has 0 aliphatic carbocycles. The first-order valence-corrected chi connectivity index (χ1v) is 6.90. The molecule has 0 amide bonds. The lowest BCUT2D eigenvalue weighted by Gasteiger charge is -2.20. The Labute approximate surface area is 118 Å². The van der Waals surface area contributed by atoms with Gasteiger partial charge in [-0.2, -0.15) is 0 Å². The Morgan fingerprint density at radius 2 is 1.80 bits per heavy atom. The summed E-state index contributed by atoms with van der Waals surface area (Å²) < 4.78 is 22.1. The number of carboxylic acids is 1. The molecule has 104 valence electrons. The zero-order valence-corrected chi connectivity index (χ0v) is 11.3. The van der Waals surface area contributed by atoms with Crippen molar-refractivity contribution in [2.45, 2.75) is 6.54 Å². The summed E-state index contributed by atoms with van der Waals surface area (Å²) in [5, 5.41) is 8.96. The molecule has 2 N–H and O–H groups in total. The molecule has 0 bridgehead atoms. The maximum absolute atomic E-state index is 11.5. The smallest absolute Gasteiger partial charge is 0.335 e. The molecule has 0 saturated heterocycles. The van der Waals surface area contributed by atoms with Crippen LogP contribution >= 0.6 is 0 Å². The highest BCUT2D eigenvalue weighted by atomic mass is 32.2. The van der Waals surface area contributed by atoms with Crippen LogP contribution in [0.25, 0.3) is 0 Å². The zero-order chi connectivity index (χ0) is 14.5. The highest BCUT2D eigenvalue weighted by Crippen LogP contribution is 2.20. The fraction of sp³-hybridized carbons (Fsp3) is 0.0714. The number of anilines is 1.